The SMILES string of the molecule is CC(C)C[C@@H](CN)NS(=O)(=O)c1ccc([N+](=O)[O-])cc1. The molecule has 1 atom stereocenters. The number of nitrogens with two attached hydrogens (primary N) is 1. The molecule has 0 saturated heterocycles. The van der Waals surface area contributed by atoms with Crippen LogP contribution in [0.5, 0.6) is 0 Å². The van der Waals surface area contributed by atoms with E-state index < -0.39 is 14.9 Å². The molecule has 1 rings (SSSR count). The first-order valence-electron chi connectivity index (χ1n) is 6.23. The van der Waals surface area contributed by atoms with Gasteiger partial charge in [0, 0.05) is 24.7 Å². The first-order chi connectivity index (χ1) is 9.26. The molecule has 0 spiro atoms. The van der Waals surface area contributed by atoms with E-state index in [1.165, 1.54) is 12.1 Å². The van der Waals surface area contributed by atoms with Crippen LogP contribution in [0.25, 0.3) is 0 Å². The second-order valence-electron chi connectivity index (χ2n) is 4.93. The molecule has 0 aromatic heterocycles. The van der Waals surface area contributed by atoms with Crippen molar-refractivity contribution in [2.45, 2.75) is 31.2 Å². The third-order valence-corrected chi connectivity index (χ3v) is 4.26. The van der Waals surface area contributed by atoms with Crippen LogP contribution in [0.15, 0.2) is 29.2 Å². The normalized spacial score (nSPS) is 13.4. The quantitative estimate of drug-likeness (QED) is 0.581. The topological polar surface area (TPSA) is 115 Å². The van der Waals surface area contributed by atoms with E-state index in [0.717, 1.165) is 12.1 Å². The van der Waals surface area contributed by atoms with Crippen LogP contribution in [0.2, 0.25) is 0 Å². The molecule has 0 aliphatic heterocycles. The summed E-state index contributed by atoms with van der Waals surface area (Å²) in [5.74, 6) is 0.308. The maximum absolute atomic E-state index is 12.1. The second kappa shape index (κ2) is 6.78. The lowest BCUT2D eigenvalue weighted by Crippen LogP contribution is -2.40. The molecule has 1 aromatic carbocycles. The van der Waals surface area contributed by atoms with E-state index in [1.54, 1.807) is 0 Å². The third-order valence-electron chi connectivity index (χ3n) is 2.72. The highest BCUT2D eigenvalue weighted by Gasteiger charge is 2.20. The summed E-state index contributed by atoms with van der Waals surface area (Å²) < 4.78 is 26.8. The van der Waals surface area contributed by atoms with Crippen LogP contribution < -0.4 is 10.5 Å². The van der Waals surface area contributed by atoms with Gasteiger partial charge in [-0.3, -0.25) is 10.1 Å². The van der Waals surface area contributed by atoms with Crippen molar-refractivity contribution < 1.29 is 13.3 Å². The van der Waals surface area contributed by atoms with Crippen molar-refractivity contribution in [2.75, 3.05) is 6.54 Å². The summed E-state index contributed by atoms with van der Waals surface area (Å²) in [6.45, 7) is 4.15. The molecule has 0 bridgehead atoms. The van der Waals surface area contributed by atoms with Gasteiger partial charge < -0.3 is 5.73 Å². The third kappa shape index (κ3) is 4.55. The van der Waals surface area contributed by atoms with E-state index >= 15 is 0 Å². The summed E-state index contributed by atoms with van der Waals surface area (Å²) in [5.41, 5.74) is 5.40. The molecular formula is C12H19N3O4S. The Bertz CT molecular complexity index is 555. The highest BCUT2D eigenvalue weighted by Crippen LogP contribution is 2.16. The zero-order valence-corrected chi connectivity index (χ0v) is 12.3. The van der Waals surface area contributed by atoms with E-state index in [4.69, 9.17) is 5.73 Å². The minimum atomic E-state index is -3.71. The van der Waals surface area contributed by atoms with E-state index in [2.05, 4.69) is 4.72 Å². The standard InChI is InChI=1S/C12H19N3O4S/c1-9(2)7-10(8-13)14-20(18,19)12-5-3-11(4-6-12)15(16)17/h3-6,9-10,14H,7-8,13H2,1-2H3/t10-/m0/s1. The highest BCUT2D eigenvalue weighted by atomic mass is 32.2. The van der Waals surface area contributed by atoms with Gasteiger partial charge in [-0.15, -0.1) is 0 Å². The lowest BCUT2D eigenvalue weighted by Gasteiger charge is -2.18. The Kier molecular flexibility index (Phi) is 5.61. The fourth-order valence-electron chi connectivity index (χ4n) is 1.80. The molecular weight excluding hydrogens is 282 g/mol. The monoisotopic (exact) mass is 301 g/mol. The molecule has 0 fully saturated rings. The second-order valence-corrected chi connectivity index (χ2v) is 6.65. The fraction of sp³-hybridized carbons (Fsp3) is 0.500. The Morgan fingerprint density at radius 1 is 1.30 bits per heavy atom. The van der Waals surface area contributed by atoms with Crippen LogP contribution >= 0.6 is 0 Å². The van der Waals surface area contributed by atoms with Crippen molar-refractivity contribution in [3.63, 3.8) is 0 Å². The molecule has 3 N–H and O–H groups in total. The molecule has 0 aliphatic rings. The largest absolute Gasteiger partial charge is 0.329 e. The van der Waals surface area contributed by atoms with E-state index in [0.29, 0.717) is 12.3 Å². The van der Waals surface area contributed by atoms with Crippen LogP contribution in [0.3, 0.4) is 0 Å². The Hall–Kier alpha value is -1.51. The molecule has 20 heavy (non-hydrogen) atoms. The predicted octanol–water partition coefficient (Wildman–Crippen LogP) is 1.25. The molecule has 0 aliphatic carbocycles. The van der Waals surface area contributed by atoms with Gasteiger partial charge in [0.15, 0.2) is 0 Å². The van der Waals surface area contributed by atoms with Crippen LogP contribution in [-0.4, -0.2) is 25.9 Å². The van der Waals surface area contributed by atoms with Gasteiger partial charge in [-0.1, -0.05) is 13.8 Å². The Balaban J connectivity index is 2.90. The number of hydrogen-bond acceptors (Lipinski definition) is 5. The van der Waals surface area contributed by atoms with Gasteiger partial charge in [0.2, 0.25) is 10.0 Å². The molecule has 0 heterocycles. The smallest absolute Gasteiger partial charge is 0.269 e. The van der Waals surface area contributed by atoms with Crippen LogP contribution in [0, 0.1) is 16.0 Å². The van der Waals surface area contributed by atoms with Gasteiger partial charge in [-0.25, -0.2) is 13.1 Å². The number of sulfonamides is 1. The van der Waals surface area contributed by atoms with Crippen LogP contribution in [0.4, 0.5) is 5.69 Å². The number of rotatable bonds is 7. The van der Waals surface area contributed by atoms with Gasteiger partial charge >= 0.3 is 0 Å². The minimum Gasteiger partial charge on any atom is -0.329 e. The molecule has 1 aromatic rings. The molecule has 8 heteroatoms. The molecule has 7 nitrogen and oxygen atoms in total. The Morgan fingerprint density at radius 2 is 1.85 bits per heavy atom. The number of nitrogens with zero attached hydrogens (tertiary/aromatic N) is 1. The van der Waals surface area contributed by atoms with Crippen molar-refractivity contribution in [3.8, 4) is 0 Å². The maximum Gasteiger partial charge on any atom is 0.269 e. The maximum atomic E-state index is 12.1. The average molecular weight is 301 g/mol. The summed E-state index contributed by atoms with van der Waals surface area (Å²) in [7, 11) is -3.71. The summed E-state index contributed by atoms with van der Waals surface area (Å²) >= 11 is 0. The lowest BCUT2D eigenvalue weighted by molar-refractivity contribution is -0.384. The van der Waals surface area contributed by atoms with Gasteiger partial charge in [0.25, 0.3) is 5.69 Å². The van der Waals surface area contributed by atoms with E-state index in [9.17, 15) is 18.5 Å². The first kappa shape index (κ1) is 16.5. The molecule has 112 valence electrons. The number of benzene rings is 1. The van der Waals surface area contributed by atoms with Crippen molar-refractivity contribution in [3.05, 3.63) is 34.4 Å². The van der Waals surface area contributed by atoms with Gasteiger partial charge in [0.1, 0.15) is 0 Å². The molecule has 0 amide bonds. The van der Waals surface area contributed by atoms with E-state index in [1.807, 2.05) is 13.8 Å². The highest BCUT2D eigenvalue weighted by molar-refractivity contribution is 7.89. The Labute approximate surface area is 118 Å². The van der Waals surface area contributed by atoms with Crippen LogP contribution in [0.1, 0.15) is 20.3 Å². The Morgan fingerprint density at radius 3 is 2.25 bits per heavy atom. The molecule has 0 radical (unpaired) electrons. The number of hydrogen-bond donors (Lipinski definition) is 2. The van der Waals surface area contributed by atoms with Gasteiger partial charge in [-0.05, 0) is 24.5 Å². The summed E-state index contributed by atoms with van der Waals surface area (Å²) in [6.07, 6.45) is 0.628. The minimum absolute atomic E-state index is 0.00898. The van der Waals surface area contributed by atoms with Crippen molar-refractivity contribution in [1.82, 2.24) is 4.72 Å². The fourth-order valence-corrected chi connectivity index (χ4v) is 3.06. The summed E-state index contributed by atoms with van der Waals surface area (Å²) in [6, 6.07) is 4.39. The van der Waals surface area contributed by atoms with Crippen molar-refractivity contribution in [1.29, 1.82) is 0 Å². The molecule has 0 unspecified atom stereocenters. The lowest BCUT2D eigenvalue weighted by atomic mass is 10.1. The summed E-state index contributed by atoms with van der Waals surface area (Å²) in [4.78, 5) is 9.94. The van der Waals surface area contributed by atoms with Crippen molar-refractivity contribution in [2.24, 2.45) is 11.7 Å². The summed E-state index contributed by atoms with van der Waals surface area (Å²) in [5, 5.41) is 10.5. The number of nitro benzene ring substituents is 1. The first-order valence-corrected chi connectivity index (χ1v) is 7.71. The number of nitrogens with one attached hydrogen (secondary N) is 1. The molecule has 0 saturated carbocycles. The van der Waals surface area contributed by atoms with Gasteiger partial charge in [-0.2, -0.15) is 0 Å². The number of nitro groups is 1. The number of non-ortho nitro benzene ring substituents is 1. The predicted molar refractivity (Wildman–Crippen MR) is 75.7 cm³/mol. The van der Waals surface area contributed by atoms with E-state index in [-0.39, 0.29) is 23.2 Å². The van der Waals surface area contributed by atoms with Gasteiger partial charge in [0.05, 0.1) is 9.82 Å². The zero-order valence-electron chi connectivity index (χ0n) is 11.4. The van der Waals surface area contributed by atoms with Crippen LogP contribution in [-0.2, 0) is 10.0 Å². The average Bonchev–Trinajstić information content (AvgIpc) is 2.37. The van der Waals surface area contributed by atoms with Crippen molar-refractivity contribution >= 4 is 15.7 Å². The zero-order chi connectivity index (χ0) is 15.3.